The molecule has 3 amide bonds. The number of amides is 3. The number of sulfonamides is 1. The van der Waals surface area contributed by atoms with Gasteiger partial charge < -0.3 is 4.90 Å². The fourth-order valence-corrected chi connectivity index (χ4v) is 4.50. The van der Waals surface area contributed by atoms with Crippen LogP contribution < -0.4 is 10.0 Å². The van der Waals surface area contributed by atoms with Crippen LogP contribution in [0.4, 0.5) is 5.69 Å². The summed E-state index contributed by atoms with van der Waals surface area (Å²) in [6, 6.07) is 6.80. The topological polar surface area (TPSA) is 149 Å². The molecule has 1 saturated heterocycles. The molecule has 1 fully saturated rings. The molecule has 2 N–H and O–H groups in total. The highest BCUT2D eigenvalue weighted by atomic mass is 32.2. The summed E-state index contributed by atoms with van der Waals surface area (Å²) in [7, 11) is -4.02. The molecule has 0 spiro atoms. The van der Waals surface area contributed by atoms with Crippen LogP contribution in [-0.4, -0.2) is 42.1 Å². The number of hydrogen-bond donors (Lipinski definition) is 2. The molecule has 0 radical (unpaired) electrons. The summed E-state index contributed by atoms with van der Waals surface area (Å²) in [6.45, 7) is 0.196. The van der Waals surface area contributed by atoms with Crippen LogP contribution in [0.25, 0.3) is 0 Å². The molecule has 0 bridgehead atoms. The van der Waals surface area contributed by atoms with E-state index in [9.17, 15) is 22.8 Å². The van der Waals surface area contributed by atoms with E-state index < -0.39 is 27.9 Å². The predicted octanol–water partition coefficient (Wildman–Crippen LogP) is 0.515. The van der Waals surface area contributed by atoms with Gasteiger partial charge in [0.25, 0.3) is 15.9 Å². The number of aromatic nitrogens is 1. The molecule has 2 aliphatic heterocycles. The summed E-state index contributed by atoms with van der Waals surface area (Å²) >= 11 is 0. The second-order valence-corrected chi connectivity index (χ2v) is 8.58. The maximum atomic E-state index is 12.8. The van der Waals surface area contributed by atoms with Crippen LogP contribution in [0.3, 0.4) is 0 Å². The summed E-state index contributed by atoms with van der Waals surface area (Å²) in [5.74, 6) is -1.29. The smallest absolute Gasteiger partial charge is 0.263 e. The van der Waals surface area contributed by atoms with Crippen molar-refractivity contribution in [2.75, 3.05) is 4.72 Å². The molecule has 1 aromatic heterocycles. The Hall–Kier alpha value is -3.78. The number of imide groups is 1. The van der Waals surface area contributed by atoms with Gasteiger partial charge in [-0.2, -0.15) is 5.26 Å². The van der Waals surface area contributed by atoms with Crippen molar-refractivity contribution >= 4 is 33.4 Å². The second kappa shape index (κ2) is 7.23. The van der Waals surface area contributed by atoms with Crippen molar-refractivity contribution in [1.29, 1.82) is 5.26 Å². The van der Waals surface area contributed by atoms with Crippen molar-refractivity contribution in [3.63, 3.8) is 0 Å². The lowest BCUT2D eigenvalue weighted by Gasteiger charge is -2.29. The summed E-state index contributed by atoms with van der Waals surface area (Å²) in [5, 5.41) is 11.2. The van der Waals surface area contributed by atoms with Crippen LogP contribution in [-0.2, 0) is 26.2 Å². The van der Waals surface area contributed by atoms with Crippen LogP contribution in [0.5, 0.6) is 0 Å². The molecule has 3 heterocycles. The molecule has 1 atom stereocenters. The summed E-state index contributed by atoms with van der Waals surface area (Å²) in [4.78, 5) is 41.2. The van der Waals surface area contributed by atoms with Crippen molar-refractivity contribution in [1.82, 2.24) is 15.2 Å². The monoisotopic (exact) mass is 425 g/mol. The van der Waals surface area contributed by atoms with Gasteiger partial charge in [-0.1, -0.05) is 6.07 Å². The van der Waals surface area contributed by atoms with Crippen LogP contribution in [0.15, 0.2) is 41.6 Å². The number of hydrogen-bond acceptors (Lipinski definition) is 7. The Morgan fingerprint density at radius 3 is 2.73 bits per heavy atom. The van der Waals surface area contributed by atoms with E-state index in [1.54, 1.807) is 6.07 Å². The standard InChI is InChI=1S/C19H15N5O5S/c20-7-11-5-14(9-21-8-11)30(28,29)23-13-2-1-12-10-24(19(27)15(12)6-13)16-3-4-17(25)22-18(16)26/h1-2,5-6,8-9,16,23H,3-4,10H2,(H,22,25,26). The molecule has 4 rings (SSSR count). The average molecular weight is 425 g/mol. The van der Waals surface area contributed by atoms with E-state index in [1.165, 1.54) is 29.3 Å². The zero-order chi connectivity index (χ0) is 21.5. The number of piperidine rings is 1. The first-order valence-corrected chi connectivity index (χ1v) is 10.4. The largest absolute Gasteiger partial charge is 0.322 e. The number of carbonyl (C=O) groups excluding carboxylic acids is 3. The van der Waals surface area contributed by atoms with E-state index in [0.29, 0.717) is 5.56 Å². The molecule has 10 nitrogen and oxygen atoms in total. The van der Waals surface area contributed by atoms with Gasteiger partial charge in [0.15, 0.2) is 0 Å². The molecule has 2 aromatic rings. The number of fused-ring (bicyclic) bond motifs is 1. The number of rotatable bonds is 4. The van der Waals surface area contributed by atoms with E-state index in [4.69, 9.17) is 5.26 Å². The first kappa shape index (κ1) is 19.5. The van der Waals surface area contributed by atoms with Crippen LogP contribution >= 0.6 is 0 Å². The number of nitrogens with zero attached hydrogens (tertiary/aromatic N) is 3. The molecule has 30 heavy (non-hydrogen) atoms. The van der Waals surface area contributed by atoms with Crippen molar-refractivity contribution < 1.29 is 22.8 Å². The number of anilines is 1. The van der Waals surface area contributed by atoms with Gasteiger partial charge in [0.2, 0.25) is 11.8 Å². The van der Waals surface area contributed by atoms with E-state index in [2.05, 4.69) is 15.0 Å². The van der Waals surface area contributed by atoms with Crippen molar-refractivity contribution in [3.05, 3.63) is 53.3 Å². The van der Waals surface area contributed by atoms with Gasteiger partial charge in [-0.05, 0) is 30.2 Å². The SMILES string of the molecule is N#Cc1cncc(S(=O)(=O)Nc2ccc3c(c2)C(=O)N(C2CCC(=O)NC2=O)C3)c1. The van der Waals surface area contributed by atoms with Crippen LogP contribution in [0.1, 0.15) is 34.3 Å². The van der Waals surface area contributed by atoms with Gasteiger partial charge in [0.05, 0.1) is 5.56 Å². The third-order valence-corrected chi connectivity index (χ3v) is 6.28. The number of pyridine rings is 1. The fraction of sp³-hybridized carbons (Fsp3) is 0.211. The normalized spacial score (nSPS) is 18.6. The Morgan fingerprint density at radius 2 is 2.00 bits per heavy atom. The van der Waals surface area contributed by atoms with E-state index in [1.807, 2.05) is 6.07 Å². The lowest BCUT2D eigenvalue weighted by atomic mass is 10.0. The minimum Gasteiger partial charge on any atom is -0.322 e. The summed E-state index contributed by atoms with van der Waals surface area (Å²) in [6.07, 6.45) is 2.76. The molecule has 0 saturated carbocycles. The Kier molecular flexibility index (Phi) is 4.71. The number of carbonyl (C=O) groups is 3. The van der Waals surface area contributed by atoms with Gasteiger partial charge in [-0.25, -0.2) is 8.42 Å². The molecule has 11 heteroatoms. The van der Waals surface area contributed by atoms with Gasteiger partial charge >= 0.3 is 0 Å². The Bertz CT molecular complexity index is 1230. The van der Waals surface area contributed by atoms with Crippen LogP contribution in [0, 0.1) is 11.3 Å². The van der Waals surface area contributed by atoms with Gasteiger partial charge in [0, 0.05) is 36.6 Å². The lowest BCUT2D eigenvalue weighted by Crippen LogP contribution is -2.52. The maximum absolute atomic E-state index is 12.8. The summed E-state index contributed by atoms with van der Waals surface area (Å²) < 4.78 is 27.6. The molecule has 0 aliphatic carbocycles. The molecule has 2 aliphatic rings. The minimum atomic E-state index is -4.02. The zero-order valence-corrected chi connectivity index (χ0v) is 16.3. The van der Waals surface area contributed by atoms with E-state index in [0.717, 1.165) is 6.20 Å². The second-order valence-electron chi connectivity index (χ2n) is 6.90. The van der Waals surface area contributed by atoms with Crippen molar-refractivity contribution in [3.8, 4) is 6.07 Å². The fourth-order valence-electron chi connectivity index (χ4n) is 3.46. The zero-order valence-electron chi connectivity index (χ0n) is 15.5. The molecular formula is C19H15N5O5S. The van der Waals surface area contributed by atoms with Gasteiger partial charge in [-0.15, -0.1) is 0 Å². The van der Waals surface area contributed by atoms with E-state index >= 15 is 0 Å². The van der Waals surface area contributed by atoms with E-state index in [-0.39, 0.29) is 47.0 Å². The first-order chi connectivity index (χ1) is 14.3. The molecular weight excluding hydrogens is 410 g/mol. The number of nitrogens with one attached hydrogen (secondary N) is 2. The minimum absolute atomic E-state index is 0.0990. The Morgan fingerprint density at radius 1 is 1.20 bits per heavy atom. The highest BCUT2D eigenvalue weighted by Gasteiger charge is 2.39. The summed E-state index contributed by atoms with van der Waals surface area (Å²) in [5.41, 5.74) is 1.20. The third-order valence-electron chi connectivity index (χ3n) is 4.93. The number of nitriles is 1. The third kappa shape index (κ3) is 3.48. The Labute approximate surface area is 171 Å². The average Bonchev–Trinajstić information content (AvgIpc) is 3.04. The lowest BCUT2D eigenvalue weighted by molar-refractivity contribution is -0.136. The maximum Gasteiger partial charge on any atom is 0.263 e. The number of benzene rings is 1. The quantitative estimate of drug-likeness (QED) is 0.678. The molecule has 1 aromatic carbocycles. The van der Waals surface area contributed by atoms with Crippen LogP contribution in [0.2, 0.25) is 0 Å². The van der Waals surface area contributed by atoms with Gasteiger partial charge in [-0.3, -0.25) is 29.4 Å². The highest BCUT2D eigenvalue weighted by Crippen LogP contribution is 2.30. The van der Waals surface area contributed by atoms with Crippen molar-refractivity contribution in [2.24, 2.45) is 0 Å². The molecule has 152 valence electrons. The molecule has 1 unspecified atom stereocenters. The van der Waals surface area contributed by atoms with Gasteiger partial charge in [0.1, 0.15) is 17.0 Å². The first-order valence-electron chi connectivity index (χ1n) is 8.94. The predicted molar refractivity (Wildman–Crippen MR) is 102 cm³/mol. The Balaban J connectivity index is 1.57. The highest BCUT2D eigenvalue weighted by molar-refractivity contribution is 7.92. The van der Waals surface area contributed by atoms with Crippen molar-refractivity contribution in [2.45, 2.75) is 30.3 Å².